The van der Waals surface area contributed by atoms with E-state index in [2.05, 4.69) is 15.2 Å². The van der Waals surface area contributed by atoms with Crippen LogP contribution in [0, 0.1) is 5.92 Å². The number of piperidine rings is 1. The number of anilines is 2. The molecular weight excluding hydrogens is 266 g/mol. The van der Waals surface area contributed by atoms with Gasteiger partial charge < -0.3 is 15.3 Å². The van der Waals surface area contributed by atoms with Crippen molar-refractivity contribution in [1.29, 1.82) is 0 Å². The number of hydrogen-bond donors (Lipinski definition) is 2. The van der Waals surface area contributed by atoms with Gasteiger partial charge in [0.2, 0.25) is 5.91 Å². The van der Waals surface area contributed by atoms with Crippen molar-refractivity contribution in [1.82, 2.24) is 4.98 Å². The molecule has 1 saturated carbocycles. The fourth-order valence-corrected chi connectivity index (χ4v) is 3.26. The quantitative estimate of drug-likeness (QED) is 0.895. The molecule has 1 aliphatic heterocycles. The van der Waals surface area contributed by atoms with Gasteiger partial charge in [-0.25, -0.2) is 4.98 Å². The molecule has 5 heteroatoms. The highest BCUT2D eigenvalue weighted by molar-refractivity contribution is 5.92. The average molecular weight is 289 g/mol. The van der Waals surface area contributed by atoms with Gasteiger partial charge in [0.05, 0.1) is 23.9 Å². The van der Waals surface area contributed by atoms with E-state index in [1.165, 1.54) is 19.3 Å². The van der Waals surface area contributed by atoms with E-state index >= 15 is 0 Å². The topological polar surface area (TPSA) is 65.5 Å². The van der Waals surface area contributed by atoms with Gasteiger partial charge in [0.1, 0.15) is 5.82 Å². The Morgan fingerprint density at radius 3 is 2.62 bits per heavy atom. The first-order chi connectivity index (χ1) is 10.2. The van der Waals surface area contributed by atoms with E-state index in [0.717, 1.165) is 38.0 Å². The number of carbonyl (C=O) groups excluding carboxylic acids is 1. The normalized spacial score (nSPS) is 25.9. The minimum Gasteiger partial charge on any atom is -0.392 e. The highest BCUT2D eigenvalue weighted by Gasteiger charge is 2.31. The highest BCUT2D eigenvalue weighted by Crippen LogP contribution is 2.27. The smallest absolute Gasteiger partial charge is 0.231 e. The third-order valence-corrected chi connectivity index (χ3v) is 4.54. The molecule has 2 heterocycles. The summed E-state index contributed by atoms with van der Waals surface area (Å²) >= 11 is 0. The van der Waals surface area contributed by atoms with E-state index in [1.807, 2.05) is 18.3 Å². The molecule has 0 aromatic carbocycles. The second-order valence-corrected chi connectivity index (χ2v) is 6.04. The summed E-state index contributed by atoms with van der Waals surface area (Å²) in [5.74, 6) is 0.173. The van der Waals surface area contributed by atoms with E-state index in [-0.39, 0.29) is 11.8 Å². The Bertz CT molecular complexity index is 483. The van der Waals surface area contributed by atoms with E-state index in [4.69, 9.17) is 0 Å². The molecule has 2 atom stereocenters. The molecule has 1 amide bonds. The zero-order valence-corrected chi connectivity index (χ0v) is 12.3. The van der Waals surface area contributed by atoms with Gasteiger partial charge in [-0.1, -0.05) is 0 Å². The van der Waals surface area contributed by atoms with Gasteiger partial charge in [0, 0.05) is 13.1 Å². The summed E-state index contributed by atoms with van der Waals surface area (Å²) in [6.45, 7) is 2.17. The van der Waals surface area contributed by atoms with Gasteiger partial charge in [-0.2, -0.15) is 0 Å². The van der Waals surface area contributed by atoms with Gasteiger partial charge in [-0.15, -0.1) is 0 Å². The summed E-state index contributed by atoms with van der Waals surface area (Å²) in [6.07, 6.45) is 7.50. The fraction of sp³-hybridized carbons (Fsp3) is 0.625. The predicted molar refractivity (Wildman–Crippen MR) is 82.3 cm³/mol. The van der Waals surface area contributed by atoms with E-state index in [1.54, 1.807) is 0 Å². The van der Waals surface area contributed by atoms with Crippen molar-refractivity contribution in [2.75, 3.05) is 23.3 Å². The minimum atomic E-state index is -0.502. The van der Waals surface area contributed by atoms with Gasteiger partial charge >= 0.3 is 0 Å². The molecule has 1 aromatic rings. The van der Waals surface area contributed by atoms with Crippen LogP contribution in [0.3, 0.4) is 0 Å². The molecule has 0 radical (unpaired) electrons. The summed E-state index contributed by atoms with van der Waals surface area (Å²) in [4.78, 5) is 18.8. The van der Waals surface area contributed by atoms with Crippen molar-refractivity contribution < 1.29 is 9.90 Å². The van der Waals surface area contributed by atoms with E-state index < -0.39 is 6.10 Å². The Hall–Kier alpha value is -1.62. The molecule has 0 spiro atoms. The average Bonchev–Trinajstić information content (AvgIpc) is 2.95. The third kappa shape index (κ3) is 3.35. The van der Waals surface area contributed by atoms with Crippen LogP contribution in [0.2, 0.25) is 0 Å². The lowest BCUT2D eigenvalue weighted by molar-refractivity contribution is -0.122. The van der Waals surface area contributed by atoms with Gasteiger partial charge in [0.25, 0.3) is 0 Å². The van der Waals surface area contributed by atoms with Crippen LogP contribution in [-0.2, 0) is 4.79 Å². The third-order valence-electron chi connectivity index (χ3n) is 4.54. The lowest BCUT2D eigenvalue weighted by Crippen LogP contribution is -2.30. The van der Waals surface area contributed by atoms with Crippen molar-refractivity contribution in [2.24, 2.45) is 5.92 Å². The van der Waals surface area contributed by atoms with Crippen molar-refractivity contribution in [2.45, 2.75) is 44.6 Å². The molecule has 2 N–H and O–H groups in total. The number of carbonyl (C=O) groups is 1. The molecule has 2 aliphatic rings. The van der Waals surface area contributed by atoms with Crippen molar-refractivity contribution in [3.63, 3.8) is 0 Å². The maximum absolute atomic E-state index is 12.1. The number of nitrogens with zero attached hydrogens (tertiary/aromatic N) is 2. The molecule has 114 valence electrons. The molecule has 3 rings (SSSR count). The number of amides is 1. The van der Waals surface area contributed by atoms with Crippen LogP contribution in [0.25, 0.3) is 0 Å². The number of aromatic nitrogens is 1. The summed E-state index contributed by atoms with van der Waals surface area (Å²) in [5.41, 5.74) is 1.12. The fourth-order valence-electron chi connectivity index (χ4n) is 3.26. The standard InChI is InChI=1S/C16H23N3O2/c20-14-6-4-5-13(14)16(21)18-15-8-7-12(11-17-15)19-9-2-1-3-10-19/h7-8,11,13-14,20H,1-6,9-10H2,(H,17,18,21). The summed E-state index contributed by atoms with van der Waals surface area (Å²) in [5, 5.41) is 12.6. The maximum atomic E-state index is 12.1. The zero-order valence-electron chi connectivity index (χ0n) is 12.3. The Morgan fingerprint density at radius 1 is 1.19 bits per heavy atom. The second-order valence-electron chi connectivity index (χ2n) is 6.04. The van der Waals surface area contributed by atoms with Crippen molar-refractivity contribution >= 4 is 17.4 Å². The second kappa shape index (κ2) is 6.43. The van der Waals surface area contributed by atoms with Crippen LogP contribution in [0.1, 0.15) is 38.5 Å². The van der Waals surface area contributed by atoms with E-state index in [9.17, 15) is 9.90 Å². The van der Waals surface area contributed by atoms with Crippen LogP contribution in [-0.4, -0.2) is 35.2 Å². The Kier molecular flexibility index (Phi) is 4.39. The summed E-state index contributed by atoms with van der Waals surface area (Å²) in [6, 6.07) is 3.86. The number of hydrogen-bond acceptors (Lipinski definition) is 4. The van der Waals surface area contributed by atoms with Crippen LogP contribution >= 0.6 is 0 Å². The number of nitrogens with one attached hydrogen (secondary N) is 1. The molecule has 2 unspecified atom stereocenters. The molecular formula is C16H23N3O2. The van der Waals surface area contributed by atoms with Crippen LogP contribution in [0.15, 0.2) is 18.3 Å². The van der Waals surface area contributed by atoms with Crippen LogP contribution in [0.5, 0.6) is 0 Å². The molecule has 5 nitrogen and oxygen atoms in total. The van der Waals surface area contributed by atoms with Gasteiger partial charge in [-0.3, -0.25) is 4.79 Å². The number of pyridine rings is 1. The molecule has 1 aromatic heterocycles. The van der Waals surface area contributed by atoms with Crippen molar-refractivity contribution in [3.8, 4) is 0 Å². The number of rotatable bonds is 3. The molecule has 1 saturated heterocycles. The van der Waals surface area contributed by atoms with Crippen molar-refractivity contribution in [3.05, 3.63) is 18.3 Å². The largest absolute Gasteiger partial charge is 0.392 e. The SMILES string of the molecule is O=C(Nc1ccc(N2CCCCC2)cn1)C1CCCC1O. The summed E-state index contributed by atoms with van der Waals surface area (Å²) in [7, 11) is 0. The van der Waals surface area contributed by atoms with Gasteiger partial charge in [-0.05, 0) is 50.7 Å². The van der Waals surface area contributed by atoms with Crippen LogP contribution in [0.4, 0.5) is 11.5 Å². The maximum Gasteiger partial charge on any atom is 0.231 e. The first kappa shape index (κ1) is 14.3. The molecule has 1 aliphatic carbocycles. The van der Waals surface area contributed by atoms with Gasteiger partial charge in [0.15, 0.2) is 0 Å². The Balaban J connectivity index is 1.60. The number of aliphatic hydroxyl groups excluding tert-OH is 1. The Labute approximate surface area is 125 Å². The zero-order chi connectivity index (χ0) is 14.7. The first-order valence-corrected chi connectivity index (χ1v) is 7.94. The highest BCUT2D eigenvalue weighted by atomic mass is 16.3. The summed E-state index contributed by atoms with van der Waals surface area (Å²) < 4.78 is 0. The van der Waals surface area contributed by atoms with Crippen LogP contribution < -0.4 is 10.2 Å². The first-order valence-electron chi connectivity index (χ1n) is 7.94. The predicted octanol–water partition coefficient (Wildman–Crippen LogP) is 2.17. The number of aliphatic hydroxyl groups is 1. The minimum absolute atomic E-state index is 0.113. The molecule has 0 bridgehead atoms. The molecule has 2 fully saturated rings. The lowest BCUT2D eigenvalue weighted by atomic mass is 10.1. The Morgan fingerprint density at radius 2 is 2.00 bits per heavy atom. The molecule has 21 heavy (non-hydrogen) atoms. The van der Waals surface area contributed by atoms with E-state index in [0.29, 0.717) is 5.82 Å². The monoisotopic (exact) mass is 289 g/mol. The lowest BCUT2D eigenvalue weighted by Gasteiger charge is -2.28.